The van der Waals surface area contributed by atoms with E-state index in [1.54, 1.807) is 9.58 Å². The van der Waals surface area contributed by atoms with Gasteiger partial charge in [-0.25, -0.2) is 0 Å². The monoisotopic (exact) mass is 345 g/mol. The van der Waals surface area contributed by atoms with E-state index in [9.17, 15) is 9.90 Å². The number of aliphatic hydroxyl groups excluding tert-OH is 1. The van der Waals surface area contributed by atoms with Crippen molar-refractivity contribution in [2.24, 2.45) is 7.05 Å². The van der Waals surface area contributed by atoms with Crippen molar-refractivity contribution in [2.45, 2.75) is 38.6 Å². The predicted molar refractivity (Wildman–Crippen MR) is 88.7 cm³/mol. The van der Waals surface area contributed by atoms with E-state index in [0.717, 1.165) is 17.3 Å². The molecular formula is C16H23N7O2. The average molecular weight is 345 g/mol. The Balaban J connectivity index is 1.54. The minimum atomic E-state index is -0.322. The third-order valence-corrected chi connectivity index (χ3v) is 5.23. The number of nitrogens with zero attached hydrogens (tertiary/aromatic N) is 7. The van der Waals surface area contributed by atoms with Crippen molar-refractivity contribution >= 4 is 5.91 Å². The molecule has 2 atom stereocenters. The van der Waals surface area contributed by atoms with Crippen LogP contribution < -0.4 is 0 Å². The Bertz CT molecular complexity index is 792. The topological polar surface area (TPSA) is 92.3 Å². The molecule has 2 aliphatic heterocycles. The molecular weight excluding hydrogens is 322 g/mol. The maximum Gasteiger partial charge on any atom is 0.274 e. The number of hydrogen-bond acceptors (Lipinski definition) is 6. The Labute approximate surface area is 145 Å². The van der Waals surface area contributed by atoms with Gasteiger partial charge in [-0.3, -0.25) is 14.4 Å². The quantitative estimate of drug-likeness (QED) is 0.804. The Morgan fingerprint density at radius 2 is 2.08 bits per heavy atom. The third kappa shape index (κ3) is 2.73. The molecule has 1 fully saturated rings. The lowest BCUT2D eigenvalue weighted by molar-refractivity contribution is 0.0698. The Hall–Kier alpha value is -2.26. The normalized spacial score (nSPS) is 23.9. The van der Waals surface area contributed by atoms with Crippen LogP contribution in [0.15, 0.2) is 6.07 Å². The van der Waals surface area contributed by atoms with Crippen LogP contribution in [0.25, 0.3) is 0 Å². The van der Waals surface area contributed by atoms with Crippen LogP contribution in [-0.2, 0) is 20.1 Å². The van der Waals surface area contributed by atoms with Crippen LogP contribution in [0.1, 0.15) is 40.3 Å². The summed E-state index contributed by atoms with van der Waals surface area (Å²) >= 11 is 0. The zero-order valence-electron chi connectivity index (χ0n) is 14.8. The van der Waals surface area contributed by atoms with Crippen LogP contribution in [0.5, 0.6) is 0 Å². The van der Waals surface area contributed by atoms with Gasteiger partial charge in [-0.05, 0) is 26.5 Å². The average Bonchev–Trinajstić information content (AvgIpc) is 3.24. The summed E-state index contributed by atoms with van der Waals surface area (Å²) < 4.78 is 3.80. The Kier molecular flexibility index (Phi) is 3.84. The van der Waals surface area contributed by atoms with Crippen molar-refractivity contribution in [1.29, 1.82) is 0 Å². The number of β-amino-alcohol motifs (C(OH)–C–C–N with tert-alkyl or cyclic N) is 1. The van der Waals surface area contributed by atoms with Gasteiger partial charge in [0.15, 0.2) is 17.3 Å². The molecule has 0 unspecified atom stereocenters. The summed E-state index contributed by atoms with van der Waals surface area (Å²) in [5.74, 6) is 1.60. The third-order valence-electron chi connectivity index (χ3n) is 5.23. The number of amides is 1. The van der Waals surface area contributed by atoms with E-state index in [4.69, 9.17) is 0 Å². The first-order valence-electron chi connectivity index (χ1n) is 8.54. The minimum Gasteiger partial charge on any atom is -0.392 e. The smallest absolute Gasteiger partial charge is 0.274 e. The second-order valence-electron chi connectivity index (χ2n) is 6.99. The van der Waals surface area contributed by atoms with Crippen molar-refractivity contribution < 1.29 is 9.90 Å². The van der Waals surface area contributed by atoms with E-state index in [2.05, 4.69) is 24.8 Å². The molecule has 2 aromatic heterocycles. The van der Waals surface area contributed by atoms with Gasteiger partial charge in [0.05, 0.1) is 18.7 Å². The van der Waals surface area contributed by atoms with E-state index in [1.807, 2.05) is 27.1 Å². The van der Waals surface area contributed by atoms with E-state index >= 15 is 0 Å². The van der Waals surface area contributed by atoms with E-state index in [-0.39, 0.29) is 18.1 Å². The molecule has 2 aromatic rings. The number of hydrogen-bond donors (Lipinski definition) is 1. The Morgan fingerprint density at radius 1 is 1.28 bits per heavy atom. The lowest BCUT2D eigenvalue weighted by atomic mass is 10.2. The van der Waals surface area contributed by atoms with Crippen LogP contribution in [0.2, 0.25) is 0 Å². The lowest BCUT2D eigenvalue weighted by Crippen LogP contribution is -2.39. The lowest BCUT2D eigenvalue weighted by Gasteiger charge is -2.28. The number of aromatic nitrogens is 5. The molecule has 1 saturated heterocycles. The van der Waals surface area contributed by atoms with Gasteiger partial charge in [-0.2, -0.15) is 5.10 Å². The number of likely N-dealkylation sites (tertiary alicyclic amines) is 1. The summed E-state index contributed by atoms with van der Waals surface area (Å²) in [6, 6.07) is 1.89. The van der Waals surface area contributed by atoms with E-state index < -0.39 is 0 Å². The van der Waals surface area contributed by atoms with Gasteiger partial charge in [0, 0.05) is 32.4 Å². The molecule has 0 spiro atoms. The van der Waals surface area contributed by atoms with Crippen molar-refractivity contribution in [1.82, 2.24) is 34.3 Å². The van der Waals surface area contributed by atoms with Crippen molar-refractivity contribution in [3.63, 3.8) is 0 Å². The van der Waals surface area contributed by atoms with Gasteiger partial charge >= 0.3 is 0 Å². The van der Waals surface area contributed by atoms with E-state index in [0.29, 0.717) is 38.3 Å². The first kappa shape index (κ1) is 16.2. The zero-order chi connectivity index (χ0) is 17.7. The van der Waals surface area contributed by atoms with E-state index in [1.165, 1.54) is 0 Å². The van der Waals surface area contributed by atoms with Crippen LogP contribution in [0.3, 0.4) is 0 Å². The SMILES string of the molecule is Cc1cc(C(=O)N2CCn3c(nnc3[C@@H]3C[C@@H](O)CN3C)C2)nn1C. The van der Waals surface area contributed by atoms with Gasteiger partial charge in [-0.15, -0.1) is 10.2 Å². The number of carbonyl (C=O) groups is 1. The molecule has 25 heavy (non-hydrogen) atoms. The Morgan fingerprint density at radius 3 is 2.72 bits per heavy atom. The van der Waals surface area contributed by atoms with Crippen molar-refractivity contribution in [2.75, 3.05) is 20.1 Å². The highest BCUT2D eigenvalue weighted by atomic mass is 16.3. The molecule has 0 aliphatic carbocycles. The number of aliphatic hydroxyl groups is 1. The number of likely N-dealkylation sites (N-methyl/N-ethyl adjacent to an activating group) is 1. The fraction of sp³-hybridized carbons (Fsp3) is 0.625. The molecule has 4 heterocycles. The van der Waals surface area contributed by atoms with Gasteiger partial charge in [0.25, 0.3) is 5.91 Å². The van der Waals surface area contributed by atoms with Gasteiger partial charge in [0.1, 0.15) is 0 Å². The zero-order valence-corrected chi connectivity index (χ0v) is 14.8. The first-order chi connectivity index (χ1) is 11.9. The fourth-order valence-corrected chi connectivity index (χ4v) is 3.70. The molecule has 1 N–H and O–H groups in total. The van der Waals surface area contributed by atoms with Gasteiger partial charge in [0.2, 0.25) is 0 Å². The molecule has 134 valence electrons. The highest BCUT2D eigenvalue weighted by molar-refractivity contribution is 5.92. The largest absolute Gasteiger partial charge is 0.392 e. The molecule has 2 aliphatic rings. The van der Waals surface area contributed by atoms with Crippen molar-refractivity contribution in [3.05, 3.63) is 29.1 Å². The molecule has 9 heteroatoms. The summed E-state index contributed by atoms with van der Waals surface area (Å²) in [6.45, 7) is 4.27. The molecule has 4 rings (SSSR count). The molecule has 1 amide bonds. The van der Waals surface area contributed by atoms with Crippen molar-refractivity contribution in [3.8, 4) is 0 Å². The minimum absolute atomic E-state index is 0.0760. The summed E-state index contributed by atoms with van der Waals surface area (Å²) in [7, 11) is 3.82. The molecule has 0 bridgehead atoms. The van der Waals surface area contributed by atoms with Crippen LogP contribution in [0, 0.1) is 6.92 Å². The number of rotatable bonds is 2. The van der Waals surface area contributed by atoms with Crippen LogP contribution in [-0.4, -0.2) is 71.6 Å². The maximum atomic E-state index is 12.7. The first-order valence-corrected chi connectivity index (χ1v) is 8.54. The predicted octanol–water partition coefficient (Wildman–Crippen LogP) is -0.286. The van der Waals surface area contributed by atoms with Crippen LogP contribution in [0.4, 0.5) is 0 Å². The molecule has 0 aromatic carbocycles. The second-order valence-corrected chi connectivity index (χ2v) is 6.99. The summed E-state index contributed by atoms with van der Waals surface area (Å²) in [5.41, 5.74) is 1.42. The molecule has 9 nitrogen and oxygen atoms in total. The maximum absolute atomic E-state index is 12.7. The summed E-state index contributed by atoms with van der Waals surface area (Å²) in [5, 5.41) is 22.8. The molecule has 0 saturated carbocycles. The van der Waals surface area contributed by atoms with Gasteiger partial charge < -0.3 is 14.6 Å². The fourth-order valence-electron chi connectivity index (χ4n) is 3.70. The standard InChI is InChI=1S/C16H23N7O2/c1-10-6-12(19-21(10)3)16(25)22-4-5-23-14(9-22)17-18-15(23)13-7-11(24)8-20(13)2/h6,11,13,24H,4-5,7-9H2,1-3H3/t11-,13+/m1/s1. The number of aryl methyl sites for hydroxylation is 2. The number of fused-ring (bicyclic) bond motifs is 1. The van der Waals surface area contributed by atoms with Crippen LogP contribution >= 0.6 is 0 Å². The second kappa shape index (κ2) is 5.92. The highest BCUT2D eigenvalue weighted by Gasteiger charge is 2.35. The highest BCUT2D eigenvalue weighted by Crippen LogP contribution is 2.30. The summed E-state index contributed by atoms with van der Waals surface area (Å²) in [4.78, 5) is 16.6. The number of carbonyl (C=O) groups excluding carboxylic acids is 1. The van der Waals surface area contributed by atoms with Gasteiger partial charge in [-0.1, -0.05) is 0 Å². The molecule has 0 radical (unpaired) electrons. The summed E-state index contributed by atoms with van der Waals surface area (Å²) in [6.07, 6.45) is 0.349.